The second-order valence-corrected chi connectivity index (χ2v) is 10.6. The van der Waals surface area contributed by atoms with E-state index >= 15 is 0 Å². The van der Waals surface area contributed by atoms with E-state index in [9.17, 15) is 4.79 Å². The summed E-state index contributed by atoms with van der Waals surface area (Å²) in [5, 5.41) is 9.88. The van der Waals surface area contributed by atoms with Gasteiger partial charge in [-0.15, -0.1) is 0 Å². The summed E-state index contributed by atoms with van der Waals surface area (Å²) in [6, 6.07) is 19.3. The average molecular weight is 532 g/mol. The molecule has 0 radical (unpaired) electrons. The van der Waals surface area contributed by atoms with Gasteiger partial charge in [-0.3, -0.25) is 0 Å². The quantitative estimate of drug-likeness (QED) is 0.320. The van der Waals surface area contributed by atoms with E-state index in [0.29, 0.717) is 28.3 Å². The summed E-state index contributed by atoms with van der Waals surface area (Å²) in [7, 11) is 2.16. The van der Waals surface area contributed by atoms with Gasteiger partial charge in [0.15, 0.2) is 6.61 Å². The minimum atomic E-state index is -1.05. The van der Waals surface area contributed by atoms with Crippen molar-refractivity contribution in [2.75, 3.05) is 33.4 Å². The number of benzene rings is 3. The second kappa shape index (κ2) is 12.0. The van der Waals surface area contributed by atoms with Crippen molar-refractivity contribution in [2.45, 2.75) is 22.6 Å². The first kappa shape index (κ1) is 25.7. The van der Waals surface area contributed by atoms with Crippen LogP contribution in [0.5, 0.6) is 11.5 Å². The fourth-order valence-corrected chi connectivity index (χ4v) is 5.28. The lowest BCUT2D eigenvalue weighted by atomic mass is 9.98. The molecule has 0 aliphatic carbocycles. The minimum Gasteiger partial charge on any atom is -0.493 e. The van der Waals surface area contributed by atoms with Crippen molar-refractivity contribution in [3.05, 3.63) is 70.7 Å². The van der Waals surface area contributed by atoms with Gasteiger partial charge in [0.25, 0.3) is 0 Å². The SMILES string of the molecule is CN1CCC(COc2cc(Sc3ccc(OCC(=O)O)c(Cl)c3)cc(-c3ccc(Cl)cc3)c2)CC1. The Morgan fingerprint density at radius 2 is 1.71 bits per heavy atom. The van der Waals surface area contributed by atoms with Crippen LogP contribution < -0.4 is 9.47 Å². The molecular weight excluding hydrogens is 505 g/mol. The lowest BCUT2D eigenvalue weighted by molar-refractivity contribution is -0.139. The summed E-state index contributed by atoms with van der Waals surface area (Å²) in [6.45, 7) is 2.47. The van der Waals surface area contributed by atoms with E-state index in [1.165, 1.54) is 0 Å². The van der Waals surface area contributed by atoms with Crippen LogP contribution in [-0.2, 0) is 4.79 Å². The van der Waals surface area contributed by atoms with Gasteiger partial charge >= 0.3 is 5.97 Å². The van der Waals surface area contributed by atoms with Crippen molar-refractivity contribution < 1.29 is 19.4 Å². The molecule has 3 aromatic rings. The number of likely N-dealkylation sites (tertiary alicyclic amines) is 1. The van der Waals surface area contributed by atoms with Crippen LogP contribution in [0.4, 0.5) is 0 Å². The molecule has 0 amide bonds. The standard InChI is InChI=1S/C27H27Cl2NO4S/c1-30-10-8-18(9-11-30)16-33-22-12-20(19-2-4-21(28)5-3-19)13-24(14-22)35-23-6-7-26(25(29)15-23)34-17-27(31)32/h2-7,12-15,18H,8-11,16-17H2,1H3,(H,31,32). The predicted octanol–water partition coefficient (Wildman–Crippen LogP) is 7.00. The third-order valence-electron chi connectivity index (χ3n) is 5.87. The molecule has 184 valence electrons. The molecule has 0 aromatic heterocycles. The summed E-state index contributed by atoms with van der Waals surface area (Å²) in [4.78, 5) is 15.0. The van der Waals surface area contributed by atoms with Crippen molar-refractivity contribution in [3.8, 4) is 22.6 Å². The summed E-state index contributed by atoms with van der Waals surface area (Å²) < 4.78 is 11.5. The molecular formula is C27H27Cl2NO4S. The van der Waals surface area contributed by atoms with E-state index in [1.807, 2.05) is 36.4 Å². The number of nitrogens with zero attached hydrogens (tertiary/aromatic N) is 1. The molecule has 1 aliphatic rings. The van der Waals surface area contributed by atoms with E-state index in [0.717, 1.165) is 52.6 Å². The smallest absolute Gasteiger partial charge is 0.341 e. The number of ether oxygens (including phenoxy) is 2. The molecule has 0 atom stereocenters. The highest BCUT2D eigenvalue weighted by atomic mass is 35.5. The van der Waals surface area contributed by atoms with E-state index < -0.39 is 12.6 Å². The molecule has 8 heteroatoms. The van der Waals surface area contributed by atoms with Crippen LogP contribution >= 0.6 is 35.0 Å². The van der Waals surface area contributed by atoms with Crippen molar-refractivity contribution in [3.63, 3.8) is 0 Å². The van der Waals surface area contributed by atoms with Crippen LogP contribution in [0.2, 0.25) is 10.0 Å². The molecule has 1 N–H and O–H groups in total. The van der Waals surface area contributed by atoms with Crippen LogP contribution in [-0.4, -0.2) is 49.3 Å². The van der Waals surface area contributed by atoms with Gasteiger partial charge in [-0.05, 0) is 98.6 Å². The largest absolute Gasteiger partial charge is 0.493 e. The number of hydrogen-bond donors (Lipinski definition) is 1. The maximum absolute atomic E-state index is 10.8. The highest BCUT2D eigenvalue weighted by molar-refractivity contribution is 7.99. The predicted molar refractivity (Wildman–Crippen MR) is 141 cm³/mol. The molecule has 1 fully saturated rings. The van der Waals surface area contributed by atoms with E-state index in [2.05, 4.69) is 24.1 Å². The monoisotopic (exact) mass is 531 g/mol. The third-order valence-corrected chi connectivity index (χ3v) is 7.38. The maximum Gasteiger partial charge on any atom is 0.341 e. The number of carbonyl (C=O) groups is 1. The van der Waals surface area contributed by atoms with Crippen molar-refractivity contribution in [1.82, 2.24) is 4.90 Å². The van der Waals surface area contributed by atoms with Crippen LogP contribution in [0, 0.1) is 5.92 Å². The number of aliphatic carboxylic acids is 1. The summed E-state index contributed by atoms with van der Waals surface area (Å²) in [5.41, 5.74) is 2.09. The Bertz CT molecular complexity index is 1160. The van der Waals surface area contributed by atoms with Crippen LogP contribution in [0.3, 0.4) is 0 Å². The van der Waals surface area contributed by atoms with Crippen molar-refractivity contribution in [1.29, 1.82) is 0 Å². The fraction of sp³-hybridized carbons (Fsp3) is 0.296. The maximum atomic E-state index is 10.8. The Labute approximate surface area is 219 Å². The normalized spacial score (nSPS) is 14.6. The van der Waals surface area contributed by atoms with Crippen LogP contribution in [0.1, 0.15) is 12.8 Å². The molecule has 0 unspecified atom stereocenters. The number of piperidine rings is 1. The first-order valence-corrected chi connectivity index (χ1v) is 13.0. The fourth-order valence-electron chi connectivity index (χ4n) is 3.90. The van der Waals surface area contributed by atoms with E-state index in [1.54, 1.807) is 23.9 Å². The Morgan fingerprint density at radius 1 is 0.971 bits per heavy atom. The molecule has 0 saturated carbocycles. The number of carboxylic acids is 1. The van der Waals surface area contributed by atoms with Gasteiger partial charge in [-0.25, -0.2) is 4.79 Å². The zero-order chi connectivity index (χ0) is 24.8. The van der Waals surface area contributed by atoms with Gasteiger partial charge in [0.2, 0.25) is 0 Å². The molecule has 0 spiro atoms. The van der Waals surface area contributed by atoms with E-state index in [-0.39, 0.29) is 0 Å². The van der Waals surface area contributed by atoms with Crippen molar-refractivity contribution >= 4 is 40.9 Å². The first-order valence-electron chi connectivity index (χ1n) is 11.4. The zero-order valence-electron chi connectivity index (χ0n) is 19.4. The summed E-state index contributed by atoms with van der Waals surface area (Å²) in [6.07, 6.45) is 2.29. The summed E-state index contributed by atoms with van der Waals surface area (Å²) in [5.74, 6) is 0.673. The van der Waals surface area contributed by atoms with Crippen molar-refractivity contribution in [2.24, 2.45) is 5.92 Å². The van der Waals surface area contributed by atoms with Gasteiger partial charge in [-0.2, -0.15) is 0 Å². The zero-order valence-corrected chi connectivity index (χ0v) is 21.7. The number of carboxylic acid groups (broad SMARTS) is 1. The molecule has 0 bridgehead atoms. The molecule has 5 nitrogen and oxygen atoms in total. The Balaban J connectivity index is 1.54. The molecule has 1 heterocycles. The Kier molecular flexibility index (Phi) is 8.84. The van der Waals surface area contributed by atoms with E-state index in [4.69, 9.17) is 37.8 Å². The number of rotatable bonds is 9. The Morgan fingerprint density at radius 3 is 2.40 bits per heavy atom. The molecule has 4 rings (SSSR count). The van der Waals surface area contributed by atoms with Gasteiger partial charge < -0.3 is 19.5 Å². The minimum absolute atomic E-state index is 0.343. The molecule has 35 heavy (non-hydrogen) atoms. The summed E-state index contributed by atoms with van der Waals surface area (Å²) >= 11 is 14.0. The lowest BCUT2D eigenvalue weighted by Crippen LogP contribution is -2.32. The topological polar surface area (TPSA) is 59.0 Å². The second-order valence-electron chi connectivity index (χ2n) is 8.63. The highest BCUT2D eigenvalue weighted by Gasteiger charge is 2.18. The molecule has 1 aliphatic heterocycles. The van der Waals surface area contributed by atoms with Gasteiger partial charge in [-0.1, -0.05) is 47.1 Å². The number of halogens is 2. The van der Waals surface area contributed by atoms with Gasteiger partial charge in [0.1, 0.15) is 11.5 Å². The average Bonchev–Trinajstić information content (AvgIpc) is 2.83. The molecule has 3 aromatic carbocycles. The lowest BCUT2D eigenvalue weighted by Gasteiger charge is -2.28. The van der Waals surface area contributed by atoms with Gasteiger partial charge in [0, 0.05) is 14.8 Å². The Hall–Kier alpha value is -2.38. The highest BCUT2D eigenvalue weighted by Crippen LogP contribution is 2.38. The first-order chi connectivity index (χ1) is 16.9. The van der Waals surface area contributed by atoms with Gasteiger partial charge in [0.05, 0.1) is 11.6 Å². The number of hydrogen-bond acceptors (Lipinski definition) is 5. The van der Waals surface area contributed by atoms with Crippen LogP contribution in [0.25, 0.3) is 11.1 Å². The molecule has 1 saturated heterocycles. The van der Waals surface area contributed by atoms with Crippen LogP contribution in [0.15, 0.2) is 70.5 Å². The third kappa shape index (κ3) is 7.55.